The van der Waals surface area contributed by atoms with Crippen LogP contribution >= 0.6 is 0 Å². The molecule has 0 spiro atoms. The Kier molecular flexibility index (Phi) is 5.67. The molecular weight excluding hydrogens is 299 g/mol. The second-order valence-corrected chi connectivity index (χ2v) is 5.01. The highest BCUT2D eigenvalue weighted by Crippen LogP contribution is 2.12. The van der Waals surface area contributed by atoms with Gasteiger partial charge < -0.3 is 20.9 Å². The molecule has 0 unspecified atom stereocenters. The minimum atomic E-state index is -0.399. The van der Waals surface area contributed by atoms with Crippen LogP contribution in [0.2, 0.25) is 0 Å². The van der Waals surface area contributed by atoms with E-state index < -0.39 is 11.8 Å². The summed E-state index contributed by atoms with van der Waals surface area (Å²) in [6, 6.07) is 7.17. The van der Waals surface area contributed by atoms with Crippen LogP contribution in [-0.2, 0) is 0 Å². The maximum Gasteiger partial charge on any atom is 0.319 e. The predicted molar refractivity (Wildman–Crippen MR) is 88.3 cm³/mol. The maximum atomic E-state index is 13.0. The number of anilines is 3. The van der Waals surface area contributed by atoms with Gasteiger partial charge in [-0.15, -0.1) is 5.10 Å². The van der Waals surface area contributed by atoms with Crippen molar-refractivity contribution in [1.82, 2.24) is 15.5 Å². The molecule has 3 N–H and O–H groups in total. The van der Waals surface area contributed by atoms with E-state index in [-0.39, 0.29) is 0 Å². The van der Waals surface area contributed by atoms with Crippen molar-refractivity contribution in [2.24, 2.45) is 0 Å². The van der Waals surface area contributed by atoms with Crippen molar-refractivity contribution in [1.29, 1.82) is 0 Å². The van der Waals surface area contributed by atoms with E-state index in [1.165, 1.54) is 18.2 Å². The van der Waals surface area contributed by atoms with Gasteiger partial charge in [0.2, 0.25) is 0 Å². The van der Waals surface area contributed by atoms with E-state index in [4.69, 9.17) is 0 Å². The Labute approximate surface area is 133 Å². The van der Waals surface area contributed by atoms with Crippen molar-refractivity contribution in [2.45, 2.75) is 0 Å². The number of nitrogens with zero attached hydrogens (tertiary/aromatic N) is 3. The maximum absolute atomic E-state index is 13.0. The molecule has 0 aliphatic rings. The first-order valence-corrected chi connectivity index (χ1v) is 7.09. The van der Waals surface area contributed by atoms with Gasteiger partial charge >= 0.3 is 6.03 Å². The molecule has 2 amide bonds. The lowest BCUT2D eigenvalue weighted by atomic mass is 10.3. The fraction of sp³-hybridized carbons (Fsp3) is 0.267. The number of halogens is 1. The standard InChI is InChI=1S/C15H19FN6O/c1-22(2)13-9-14(21-19-10-13)17-6-7-18-15(23)20-12-5-3-4-11(16)8-12/h3-5,8-10H,6-7H2,1-2H3,(H,17,21)(H2,18,20,23). The monoisotopic (exact) mass is 318 g/mol. The van der Waals surface area contributed by atoms with E-state index in [1.54, 1.807) is 12.3 Å². The summed E-state index contributed by atoms with van der Waals surface area (Å²) in [6.45, 7) is 0.872. The number of benzene rings is 1. The Bertz CT molecular complexity index is 664. The summed E-state index contributed by atoms with van der Waals surface area (Å²) in [5.74, 6) is 0.229. The van der Waals surface area contributed by atoms with Gasteiger partial charge in [0.05, 0.1) is 11.9 Å². The number of hydrogen-bond donors (Lipinski definition) is 3. The Hall–Kier alpha value is -2.90. The third-order valence-corrected chi connectivity index (χ3v) is 2.96. The summed E-state index contributed by atoms with van der Waals surface area (Å²) >= 11 is 0. The van der Waals surface area contributed by atoms with Gasteiger partial charge in [0.25, 0.3) is 0 Å². The Balaban J connectivity index is 1.73. The molecule has 2 rings (SSSR count). The summed E-state index contributed by atoms with van der Waals surface area (Å²) in [5, 5.41) is 16.1. The summed E-state index contributed by atoms with van der Waals surface area (Å²) in [6.07, 6.45) is 1.66. The van der Waals surface area contributed by atoms with Crippen molar-refractivity contribution in [2.75, 3.05) is 42.7 Å². The molecule has 23 heavy (non-hydrogen) atoms. The van der Waals surface area contributed by atoms with Gasteiger partial charge in [-0.3, -0.25) is 0 Å². The molecule has 0 bridgehead atoms. The molecule has 122 valence electrons. The highest BCUT2D eigenvalue weighted by molar-refractivity contribution is 5.89. The van der Waals surface area contributed by atoms with Crippen LogP contribution in [0.25, 0.3) is 0 Å². The molecule has 1 aromatic heterocycles. The Morgan fingerprint density at radius 1 is 1.26 bits per heavy atom. The minimum absolute atomic E-state index is 0.384. The highest BCUT2D eigenvalue weighted by atomic mass is 19.1. The quantitative estimate of drug-likeness (QED) is 0.709. The smallest absolute Gasteiger partial charge is 0.319 e. The van der Waals surface area contributed by atoms with Gasteiger partial charge in [0.1, 0.15) is 5.82 Å². The van der Waals surface area contributed by atoms with Gasteiger partial charge in [-0.1, -0.05) is 6.07 Å². The number of aromatic nitrogens is 2. The number of carbonyl (C=O) groups excluding carboxylic acids is 1. The van der Waals surface area contributed by atoms with Gasteiger partial charge in [-0.2, -0.15) is 5.10 Å². The van der Waals surface area contributed by atoms with Gasteiger partial charge in [0, 0.05) is 38.9 Å². The lowest BCUT2D eigenvalue weighted by Gasteiger charge is -2.13. The SMILES string of the molecule is CN(C)c1cnnc(NCCNC(=O)Nc2cccc(F)c2)c1. The number of hydrogen-bond acceptors (Lipinski definition) is 5. The van der Waals surface area contributed by atoms with Gasteiger partial charge in [0.15, 0.2) is 5.82 Å². The average Bonchev–Trinajstić information content (AvgIpc) is 2.52. The fourth-order valence-corrected chi connectivity index (χ4v) is 1.80. The van der Waals surface area contributed by atoms with Crippen LogP contribution in [0.1, 0.15) is 0 Å². The fourth-order valence-electron chi connectivity index (χ4n) is 1.80. The van der Waals surface area contributed by atoms with Crippen molar-refractivity contribution in [3.8, 4) is 0 Å². The number of nitrogens with one attached hydrogen (secondary N) is 3. The first-order valence-electron chi connectivity index (χ1n) is 7.09. The third-order valence-electron chi connectivity index (χ3n) is 2.96. The van der Waals surface area contributed by atoms with Crippen LogP contribution in [-0.4, -0.2) is 43.4 Å². The van der Waals surface area contributed by atoms with E-state index >= 15 is 0 Å². The lowest BCUT2D eigenvalue weighted by molar-refractivity contribution is 0.252. The molecule has 2 aromatic rings. The normalized spacial score (nSPS) is 10.0. The van der Waals surface area contributed by atoms with E-state index in [0.717, 1.165) is 5.69 Å². The molecule has 0 fully saturated rings. The number of rotatable bonds is 6. The second kappa shape index (κ2) is 7.92. The Morgan fingerprint density at radius 2 is 2.09 bits per heavy atom. The summed E-state index contributed by atoms with van der Waals surface area (Å²) in [7, 11) is 3.83. The van der Waals surface area contributed by atoms with Gasteiger partial charge in [-0.05, 0) is 18.2 Å². The van der Waals surface area contributed by atoms with Crippen molar-refractivity contribution < 1.29 is 9.18 Å². The molecule has 0 aliphatic carbocycles. The van der Waals surface area contributed by atoms with Crippen molar-refractivity contribution >= 4 is 23.2 Å². The second-order valence-electron chi connectivity index (χ2n) is 5.01. The first-order chi connectivity index (χ1) is 11.0. The van der Waals surface area contributed by atoms with Crippen LogP contribution in [0.15, 0.2) is 36.5 Å². The van der Waals surface area contributed by atoms with E-state index in [2.05, 4.69) is 26.1 Å². The zero-order chi connectivity index (χ0) is 16.7. The Morgan fingerprint density at radius 3 is 2.83 bits per heavy atom. The molecule has 8 heteroatoms. The predicted octanol–water partition coefficient (Wildman–Crippen LogP) is 1.92. The molecule has 0 saturated heterocycles. The molecule has 0 aliphatic heterocycles. The van der Waals surface area contributed by atoms with E-state index in [1.807, 2.05) is 25.1 Å². The van der Waals surface area contributed by atoms with Crippen molar-refractivity contribution in [3.63, 3.8) is 0 Å². The van der Waals surface area contributed by atoms with Gasteiger partial charge in [-0.25, -0.2) is 9.18 Å². The van der Waals surface area contributed by atoms with Crippen molar-refractivity contribution in [3.05, 3.63) is 42.3 Å². The minimum Gasteiger partial charge on any atom is -0.376 e. The van der Waals surface area contributed by atoms with Crippen LogP contribution in [0, 0.1) is 5.82 Å². The molecule has 0 atom stereocenters. The topological polar surface area (TPSA) is 82.2 Å². The zero-order valence-electron chi connectivity index (χ0n) is 13.0. The molecule has 1 aromatic carbocycles. The van der Waals surface area contributed by atoms with Crippen LogP contribution < -0.4 is 20.9 Å². The highest BCUT2D eigenvalue weighted by Gasteiger charge is 2.03. The van der Waals surface area contributed by atoms with Crippen LogP contribution in [0.5, 0.6) is 0 Å². The molecule has 0 saturated carbocycles. The number of amides is 2. The molecular formula is C15H19FN6O. The summed E-state index contributed by atoms with van der Waals surface area (Å²) < 4.78 is 13.0. The number of urea groups is 1. The van der Waals surface area contributed by atoms with E-state index in [9.17, 15) is 9.18 Å². The van der Waals surface area contributed by atoms with E-state index in [0.29, 0.717) is 24.6 Å². The third kappa shape index (κ3) is 5.42. The van der Waals surface area contributed by atoms with Crippen LogP contribution in [0.4, 0.5) is 26.4 Å². The lowest BCUT2D eigenvalue weighted by Crippen LogP contribution is -2.32. The zero-order valence-corrected chi connectivity index (χ0v) is 13.0. The average molecular weight is 318 g/mol. The largest absolute Gasteiger partial charge is 0.376 e. The summed E-state index contributed by atoms with van der Waals surface area (Å²) in [5.41, 5.74) is 1.33. The van der Waals surface area contributed by atoms with Crippen LogP contribution in [0.3, 0.4) is 0 Å². The molecule has 0 radical (unpaired) electrons. The molecule has 7 nitrogen and oxygen atoms in total. The summed E-state index contributed by atoms with van der Waals surface area (Å²) in [4.78, 5) is 13.6. The molecule has 1 heterocycles. The first kappa shape index (κ1) is 16.5. The number of carbonyl (C=O) groups is 1.